The lowest BCUT2D eigenvalue weighted by atomic mass is 9.98. The van der Waals surface area contributed by atoms with Gasteiger partial charge < -0.3 is 19.9 Å². The Bertz CT molecular complexity index is 488. The number of methoxy groups -OCH3 is 2. The van der Waals surface area contributed by atoms with Gasteiger partial charge in [0.25, 0.3) is 5.91 Å². The van der Waals surface area contributed by atoms with Crippen LogP contribution >= 0.6 is 0 Å². The average Bonchev–Trinajstić information content (AvgIpc) is 2.37. The molecule has 110 valence electrons. The van der Waals surface area contributed by atoms with Crippen molar-refractivity contribution in [1.29, 1.82) is 0 Å². The summed E-state index contributed by atoms with van der Waals surface area (Å²) in [7, 11) is 2.92. The van der Waals surface area contributed by atoms with Gasteiger partial charge in [-0.05, 0) is 19.1 Å². The van der Waals surface area contributed by atoms with E-state index < -0.39 is 17.4 Å². The fourth-order valence-corrected chi connectivity index (χ4v) is 1.96. The summed E-state index contributed by atoms with van der Waals surface area (Å²) in [6, 6.07) is 6.74. The maximum atomic E-state index is 12.3. The minimum Gasteiger partial charge on any atom is -0.496 e. The highest BCUT2D eigenvalue weighted by Gasteiger charge is 2.30. The third kappa shape index (κ3) is 4.24. The molecule has 1 aromatic carbocycles. The van der Waals surface area contributed by atoms with Crippen LogP contribution in [0.1, 0.15) is 23.7 Å². The Hall–Kier alpha value is -2.08. The Morgan fingerprint density at radius 2 is 1.95 bits per heavy atom. The molecule has 0 heterocycles. The Morgan fingerprint density at radius 3 is 2.50 bits per heavy atom. The first kappa shape index (κ1) is 16.0. The number of para-hydroxylation sites is 1. The molecule has 0 aliphatic carbocycles. The maximum absolute atomic E-state index is 12.3. The quantitative estimate of drug-likeness (QED) is 0.787. The number of carbonyl (C=O) groups is 2. The van der Waals surface area contributed by atoms with E-state index in [1.807, 2.05) is 0 Å². The SMILES string of the molecule is COCC(C)(CC(=O)O)NC(=O)c1ccccc1OC. The second-order valence-corrected chi connectivity index (χ2v) is 4.72. The monoisotopic (exact) mass is 281 g/mol. The van der Waals surface area contributed by atoms with E-state index in [4.69, 9.17) is 14.6 Å². The van der Waals surface area contributed by atoms with Crippen LogP contribution in [0.15, 0.2) is 24.3 Å². The van der Waals surface area contributed by atoms with Crippen LogP contribution in [0.5, 0.6) is 5.75 Å². The van der Waals surface area contributed by atoms with E-state index in [9.17, 15) is 9.59 Å². The van der Waals surface area contributed by atoms with Gasteiger partial charge in [-0.1, -0.05) is 12.1 Å². The molecule has 0 saturated heterocycles. The number of hydrogen-bond donors (Lipinski definition) is 2. The van der Waals surface area contributed by atoms with Crippen molar-refractivity contribution in [2.75, 3.05) is 20.8 Å². The zero-order valence-corrected chi connectivity index (χ0v) is 11.8. The number of amides is 1. The molecule has 0 aliphatic heterocycles. The number of ether oxygens (including phenoxy) is 2. The summed E-state index contributed by atoms with van der Waals surface area (Å²) >= 11 is 0. The van der Waals surface area contributed by atoms with Gasteiger partial charge >= 0.3 is 5.97 Å². The molecule has 20 heavy (non-hydrogen) atoms. The second-order valence-electron chi connectivity index (χ2n) is 4.72. The van der Waals surface area contributed by atoms with Gasteiger partial charge in [-0.15, -0.1) is 0 Å². The molecule has 0 fully saturated rings. The van der Waals surface area contributed by atoms with Gasteiger partial charge in [-0.3, -0.25) is 9.59 Å². The maximum Gasteiger partial charge on any atom is 0.305 e. The Kier molecular flexibility index (Phi) is 5.52. The first-order chi connectivity index (χ1) is 9.41. The van der Waals surface area contributed by atoms with Crippen LogP contribution in [0.25, 0.3) is 0 Å². The van der Waals surface area contributed by atoms with E-state index in [0.29, 0.717) is 11.3 Å². The number of aliphatic carboxylic acids is 1. The first-order valence-electron chi connectivity index (χ1n) is 6.08. The van der Waals surface area contributed by atoms with E-state index in [1.54, 1.807) is 31.2 Å². The number of hydrogen-bond acceptors (Lipinski definition) is 4. The molecule has 0 aromatic heterocycles. The zero-order valence-electron chi connectivity index (χ0n) is 11.8. The normalized spacial score (nSPS) is 13.3. The van der Waals surface area contributed by atoms with Crippen LogP contribution in [0.3, 0.4) is 0 Å². The molecule has 0 aliphatic rings. The molecular weight excluding hydrogens is 262 g/mol. The largest absolute Gasteiger partial charge is 0.496 e. The molecule has 0 saturated carbocycles. The Morgan fingerprint density at radius 1 is 1.30 bits per heavy atom. The highest BCUT2D eigenvalue weighted by atomic mass is 16.5. The number of benzene rings is 1. The molecule has 1 rings (SSSR count). The van der Waals surface area contributed by atoms with Crippen LogP contribution in [0, 0.1) is 0 Å². The van der Waals surface area contributed by atoms with Crippen LogP contribution in [-0.2, 0) is 9.53 Å². The molecule has 2 N–H and O–H groups in total. The van der Waals surface area contributed by atoms with Crippen molar-refractivity contribution >= 4 is 11.9 Å². The van der Waals surface area contributed by atoms with Crippen molar-refractivity contribution in [3.8, 4) is 5.75 Å². The summed E-state index contributed by atoms with van der Waals surface area (Å²) in [6.45, 7) is 1.72. The minimum atomic E-state index is -1.01. The average molecular weight is 281 g/mol. The van der Waals surface area contributed by atoms with E-state index >= 15 is 0 Å². The molecule has 0 radical (unpaired) electrons. The van der Waals surface area contributed by atoms with Gasteiger partial charge in [0.05, 0.1) is 31.2 Å². The number of carboxylic acid groups (broad SMARTS) is 1. The summed E-state index contributed by atoms with van der Waals surface area (Å²) in [5.41, 5.74) is -0.638. The predicted octanol–water partition coefficient (Wildman–Crippen LogP) is 1.30. The molecule has 6 heteroatoms. The van der Waals surface area contributed by atoms with Gasteiger partial charge in [0.1, 0.15) is 5.75 Å². The molecule has 1 atom stereocenters. The number of carboxylic acids is 1. The van der Waals surface area contributed by atoms with Gasteiger partial charge in [0.2, 0.25) is 0 Å². The lowest BCUT2D eigenvalue weighted by molar-refractivity contribution is -0.139. The van der Waals surface area contributed by atoms with Gasteiger partial charge in [-0.25, -0.2) is 0 Å². The van der Waals surface area contributed by atoms with Crippen molar-refractivity contribution in [2.24, 2.45) is 0 Å². The lowest BCUT2D eigenvalue weighted by Crippen LogP contribution is -2.50. The Labute approximate surface area is 117 Å². The van der Waals surface area contributed by atoms with Crippen LogP contribution in [-0.4, -0.2) is 43.3 Å². The molecule has 0 spiro atoms. The van der Waals surface area contributed by atoms with Gasteiger partial charge in [0.15, 0.2) is 0 Å². The zero-order chi connectivity index (χ0) is 15.2. The molecular formula is C14H19NO5. The standard InChI is InChI=1S/C14H19NO5/c1-14(9-19-2,8-12(16)17)15-13(18)10-6-4-5-7-11(10)20-3/h4-7H,8-9H2,1-3H3,(H,15,18)(H,16,17). The summed E-state index contributed by atoms with van der Waals surface area (Å²) in [5.74, 6) is -0.979. The van der Waals surface area contributed by atoms with Gasteiger partial charge in [-0.2, -0.15) is 0 Å². The fraction of sp³-hybridized carbons (Fsp3) is 0.429. The van der Waals surface area contributed by atoms with E-state index in [2.05, 4.69) is 5.32 Å². The number of nitrogens with one attached hydrogen (secondary N) is 1. The molecule has 6 nitrogen and oxygen atoms in total. The van der Waals surface area contributed by atoms with Gasteiger partial charge in [0, 0.05) is 7.11 Å². The summed E-state index contributed by atoms with van der Waals surface area (Å²) in [6.07, 6.45) is -0.234. The van der Waals surface area contributed by atoms with Crippen LogP contribution in [0.4, 0.5) is 0 Å². The van der Waals surface area contributed by atoms with Crippen molar-refractivity contribution in [1.82, 2.24) is 5.32 Å². The molecule has 0 bridgehead atoms. The van der Waals surface area contributed by atoms with E-state index in [1.165, 1.54) is 14.2 Å². The van der Waals surface area contributed by atoms with Crippen LogP contribution < -0.4 is 10.1 Å². The van der Waals surface area contributed by atoms with E-state index in [0.717, 1.165) is 0 Å². The third-order valence-electron chi connectivity index (χ3n) is 2.77. The highest BCUT2D eigenvalue weighted by Crippen LogP contribution is 2.19. The second kappa shape index (κ2) is 6.91. The lowest BCUT2D eigenvalue weighted by Gasteiger charge is -2.28. The van der Waals surface area contributed by atoms with Crippen molar-refractivity contribution < 1.29 is 24.2 Å². The minimum absolute atomic E-state index is 0.0974. The fourth-order valence-electron chi connectivity index (χ4n) is 1.96. The predicted molar refractivity (Wildman–Crippen MR) is 73.0 cm³/mol. The third-order valence-corrected chi connectivity index (χ3v) is 2.77. The number of carbonyl (C=O) groups excluding carboxylic acids is 1. The van der Waals surface area contributed by atoms with E-state index in [-0.39, 0.29) is 13.0 Å². The molecule has 1 aromatic rings. The molecule has 1 amide bonds. The summed E-state index contributed by atoms with van der Waals surface area (Å²) < 4.78 is 10.1. The van der Waals surface area contributed by atoms with Crippen molar-refractivity contribution in [2.45, 2.75) is 18.9 Å². The first-order valence-corrected chi connectivity index (χ1v) is 6.08. The van der Waals surface area contributed by atoms with Crippen molar-refractivity contribution in [3.63, 3.8) is 0 Å². The number of rotatable bonds is 7. The van der Waals surface area contributed by atoms with Crippen LogP contribution in [0.2, 0.25) is 0 Å². The topological polar surface area (TPSA) is 84.9 Å². The summed E-state index contributed by atoms with van der Waals surface area (Å²) in [5, 5.41) is 11.6. The highest BCUT2D eigenvalue weighted by molar-refractivity contribution is 5.97. The van der Waals surface area contributed by atoms with Crippen molar-refractivity contribution in [3.05, 3.63) is 29.8 Å². The smallest absolute Gasteiger partial charge is 0.305 e. The Balaban J connectivity index is 2.93. The molecule has 1 unspecified atom stereocenters. The summed E-state index contributed by atoms with van der Waals surface area (Å²) in [4.78, 5) is 23.2.